The number of hydrogen-bond donors (Lipinski definition) is 3. The second-order valence-corrected chi connectivity index (χ2v) is 11.6. The third-order valence-electron chi connectivity index (χ3n) is 8.55. The number of aromatic nitrogens is 1. The van der Waals surface area contributed by atoms with Crippen LogP contribution >= 0.6 is 11.3 Å². The standard InChI is InChI=1S/C26H33N3O3S/c1-15-14-27-25(33-15)28-23(31)5-3-4-17-13-22(29-32)26(2)11-10-20-19-9-7-18(30)12-16(19)6-8-21(20)24(17)26/h7,9,12,14,17,20-21,24,30,32H,3-6,8,10-11,13H2,1-2H3,(H,27,28,31)/b29-22+/t17-,20?,21?,24?,26-/m1/s1. The van der Waals surface area contributed by atoms with Crippen LogP contribution in [0.4, 0.5) is 5.13 Å². The van der Waals surface area contributed by atoms with Crippen molar-refractivity contribution in [1.29, 1.82) is 0 Å². The molecule has 6 nitrogen and oxygen atoms in total. The number of fused-ring (bicyclic) bond motifs is 5. The van der Waals surface area contributed by atoms with Gasteiger partial charge in [0.1, 0.15) is 5.75 Å². The van der Waals surface area contributed by atoms with Crippen LogP contribution in [0, 0.1) is 30.1 Å². The Labute approximate surface area is 199 Å². The van der Waals surface area contributed by atoms with Crippen LogP contribution in [-0.2, 0) is 11.2 Å². The Morgan fingerprint density at radius 1 is 1.36 bits per heavy atom. The number of phenolic OH excluding ortho intramolecular Hbond substituents is 1. The number of rotatable bonds is 5. The van der Waals surface area contributed by atoms with E-state index < -0.39 is 0 Å². The molecule has 2 saturated carbocycles. The summed E-state index contributed by atoms with van der Waals surface area (Å²) in [7, 11) is 0. The predicted molar refractivity (Wildman–Crippen MR) is 130 cm³/mol. The fraction of sp³-hybridized carbons (Fsp3) is 0.577. The van der Waals surface area contributed by atoms with E-state index in [0.29, 0.717) is 41.0 Å². The number of aromatic hydroxyl groups is 1. The lowest BCUT2D eigenvalue weighted by atomic mass is 9.54. The van der Waals surface area contributed by atoms with Gasteiger partial charge in [0.2, 0.25) is 5.91 Å². The van der Waals surface area contributed by atoms with Crippen LogP contribution in [-0.4, -0.2) is 26.9 Å². The maximum atomic E-state index is 12.4. The topological polar surface area (TPSA) is 94.8 Å². The number of nitrogens with zero attached hydrogens (tertiary/aromatic N) is 2. The normalized spacial score (nSPS) is 31.6. The minimum absolute atomic E-state index is 0.0223. The number of aryl methyl sites for hydroxylation is 2. The van der Waals surface area contributed by atoms with Gasteiger partial charge in [-0.1, -0.05) is 18.1 Å². The summed E-state index contributed by atoms with van der Waals surface area (Å²) in [6, 6.07) is 5.89. The van der Waals surface area contributed by atoms with Gasteiger partial charge in [0.15, 0.2) is 5.13 Å². The van der Waals surface area contributed by atoms with Gasteiger partial charge in [-0.15, -0.1) is 11.3 Å². The van der Waals surface area contributed by atoms with Crippen LogP contribution in [0.25, 0.3) is 0 Å². The Bertz CT molecular complexity index is 1080. The SMILES string of the molecule is Cc1cnc(NC(=O)CCC[C@@H]2C/C(=N\O)[C@@]3(C)CCC4c5ccc(O)cc5CCC4C23)s1. The van der Waals surface area contributed by atoms with Gasteiger partial charge in [-0.05, 0) is 98.8 Å². The van der Waals surface area contributed by atoms with Crippen LogP contribution in [0.3, 0.4) is 0 Å². The molecule has 1 heterocycles. The number of hydrogen-bond acceptors (Lipinski definition) is 6. The van der Waals surface area contributed by atoms with Crippen molar-refractivity contribution in [3.05, 3.63) is 40.4 Å². The molecular weight excluding hydrogens is 434 g/mol. The molecule has 0 radical (unpaired) electrons. The Kier molecular flexibility index (Phi) is 5.93. The minimum Gasteiger partial charge on any atom is -0.508 e. The van der Waals surface area contributed by atoms with Crippen molar-refractivity contribution in [1.82, 2.24) is 4.98 Å². The van der Waals surface area contributed by atoms with Gasteiger partial charge in [-0.25, -0.2) is 4.98 Å². The number of amides is 1. The Hall–Kier alpha value is -2.41. The fourth-order valence-corrected chi connectivity index (χ4v) is 7.87. The minimum atomic E-state index is -0.0598. The van der Waals surface area contributed by atoms with Crippen LogP contribution in [0.15, 0.2) is 29.6 Å². The molecule has 3 aliphatic carbocycles. The van der Waals surface area contributed by atoms with E-state index in [1.807, 2.05) is 19.1 Å². The van der Waals surface area contributed by atoms with Gasteiger partial charge in [-0.3, -0.25) is 4.79 Å². The molecule has 3 N–H and O–H groups in total. The Balaban J connectivity index is 1.30. The maximum Gasteiger partial charge on any atom is 0.226 e. The van der Waals surface area contributed by atoms with Crippen LogP contribution < -0.4 is 5.32 Å². The first kappa shape index (κ1) is 22.4. The summed E-state index contributed by atoms with van der Waals surface area (Å²) >= 11 is 1.50. The summed E-state index contributed by atoms with van der Waals surface area (Å²) in [5.74, 6) is 2.33. The molecule has 5 atom stereocenters. The highest BCUT2D eigenvalue weighted by Crippen LogP contribution is 2.62. The van der Waals surface area contributed by atoms with E-state index in [-0.39, 0.29) is 11.3 Å². The van der Waals surface area contributed by atoms with Crippen LogP contribution in [0.2, 0.25) is 0 Å². The Morgan fingerprint density at radius 2 is 2.21 bits per heavy atom. The number of anilines is 1. The van der Waals surface area contributed by atoms with E-state index in [2.05, 4.69) is 28.4 Å². The van der Waals surface area contributed by atoms with Crippen molar-refractivity contribution in [3.63, 3.8) is 0 Å². The lowest BCUT2D eigenvalue weighted by Gasteiger charge is -2.50. The molecule has 3 unspecified atom stereocenters. The summed E-state index contributed by atoms with van der Waals surface area (Å²) in [6.07, 6.45) is 9.11. The molecule has 3 aliphatic rings. The molecule has 7 heteroatoms. The van der Waals surface area contributed by atoms with E-state index in [0.717, 1.165) is 55.5 Å². The van der Waals surface area contributed by atoms with E-state index in [1.54, 1.807) is 6.20 Å². The number of carbonyl (C=O) groups excluding carboxylic acids is 1. The van der Waals surface area contributed by atoms with E-state index in [4.69, 9.17) is 0 Å². The molecule has 0 aliphatic heterocycles. The highest BCUT2D eigenvalue weighted by atomic mass is 32.1. The molecule has 1 aromatic carbocycles. The lowest BCUT2D eigenvalue weighted by molar-refractivity contribution is -0.116. The van der Waals surface area contributed by atoms with Crippen molar-refractivity contribution in [3.8, 4) is 5.75 Å². The number of oxime groups is 1. The number of carbonyl (C=O) groups is 1. The third kappa shape index (κ3) is 4.05. The predicted octanol–water partition coefficient (Wildman–Crippen LogP) is 5.88. The molecule has 0 spiro atoms. The molecule has 176 valence electrons. The largest absolute Gasteiger partial charge is 0.508 e. The summed E-state index contributed by atoms with van der Waals surface area (Å²) in [4.78, 5) is 17.7. The number of thiazole rings is 1. The summed E-state index contributed by atoms with van der Waals surface area (Å²) in [5.41, 5.74) is 3.59. The molecule has 1 amide bonds. The number of phenols is 1. The van der Waals surface area contributed by atoms with Crippen LogP contribution in [0.1, 0.15) is 73.8 Å². The van der Waals surface area contributed by atoms with Gasteiger partial charge < -0.3 is 15.6 Å². The first-order valence-electron chi connectivity index (χ1n) is 12.1. The monoisotopic (exact) mass is 467 g/mol. The summed E-state index contributed by atoms with van der Waals surface area (Å²) < 4.78 is 0. The van der Waals surface area contributed by atoms with E-state index >= 15 is 0 Å². The van der Waals surface area contributed by atoms with Gasteiger partial charge in [0.05, 0.1) is 5.71 Å². The number of benzene rings is 1. The van der Waals surface area contributed by atoms with Crippen molar-refractivity contribution >= 4 is 28.1 Å². The quantitative estimate of drug-likeness (QED) is 0.378. The molecule has 0 bridgehead atoms. The average Bonchev–Trinajstić information content (AvgIpc) is 3.32. The van der Waals surface area contributed by atoms with Crippen molar-refractivity contribution in [2.24, 2.45) is 28.3 Å². The zero-order valence-electron chi connectivity index (χ0n) is 19.4. The molecule has 5 rings (SSSR count). The fourth-order valence-electron chi connectivity index (χ4n) is 7.19. The summed E-state index contributed by atoms with van der Waals surface area (Å²) in [5, 5.41) is 27.2. The maximum absolute atomic E-state index is 12.4. The highest BCUT2D eigenvalue weighted by Gasteiger charge is 2.57. The lowest BCUT2D eigenvalue weighted by Crippen LogP contribution is -2.44. The third-order valence-corrected chi connectivity index (χ3v) is 9.38. The van der Waals surface area contributed by atoms with Gasteiger partial charge in [-0.2, -0.15) is 0 Å². The zero-order valence-corrected chi connectivity index (χ0v) is 20.2. The van der Waals surface area contributed by atoms with Gasteiger partial charge in [0, 0.05) is 22.9 Å². The zero-order chi connectivity index (χ0) is 23.2. The molecule has 33 heavy (non-hydrogen) atoms. The molecule has 1 aromatic heterocycles. The first-order valence-corrected chi connectivity index (χ1v) is 13.0. The van der Waals surface area contributed by atoms with Gasteiger partial charge in [0.25, 0.3) is 0 Å². The second kappa shape index (κ2) is 8.75. The van der Waals surface area contributed by atoms with Crippen LogP contribution in [0.5, 0.6) is 5.75 Å². The molecular formula is C26H33N3O3S. The second-order valence-electron chi connectivity index (χ2n) is 10.4. The summed E-state index contributed by atoms with van der Waals surface area (Å²) in [6.45, 7) is 4.28. The van der Waals surface area contributed by atoms with E-state index in [1.165, 1.54) is 22.5 Å². The Morgan fingerprint density at radius 3 is 2.97 bits per heavy atom. The molecule has 0 saturated heterocycles. The number of nitrogens with one attached hydrogen (secondary N) is 1. The van der Waals surface area contributed by atoms with Crippen molar-refractivity contribution < 1.29 is 15.1 Å². The van der Waals surface area contributed by atoms with Crippen molar-refractivity contribution in [2.45, 2.75) is 71.1 Å². The van der Waals surface area contributed by atoms with E-state index in [9.17, 15) is 15.1 Å². The average molecular weight is 468 g/mol. The van der Waals surface area contributed by atoms with Crippen molar-refractivity contribution in [2.75, 3.05) is 5.32 Å². The highest BCUT2D eigenvalue weighted by molar-refractivity contribution is 7.15. The van der Waals surface area contributed by atoms with Gasteiger partial charge >= 0.3 is 0 Å². The molecule has 2 aromatic rings. The first-order chi connectivity index (χ1) is 15.9. The molecule has 2 fully saturated rings. The smallest absolute Gasteiger partial charge is 0.226 e.